The first-order chi connectivity index (χ1) is 6.66. The summed E-state index contributed by atoms with van der Waals surface area (Å²) in [5, 5.41) is 11.6. The Morgan fingerprint density at radius 1 is 1.50 bits per heavy atom. The third-order valence-electron chi connectivity index (χ3n) is 2.43. The fraction of sp³-hybridized carbons (Fsp3) is 0.300. The van der Waals surface area contributed by atoms with Gasteiger partial charge in [0.1, 0.15) is 11.9 Å². The smallest absolute Gasteiger partial charge is 0.321 e. The molecule has 1 aromatic carbocycles. The Bertz CT molecular complexity index is 378. The molecular weight excluding hydrogens is 185 g/mol. The van der Waals surface area contributed by atoms with Crippen molar-refractivity contribution >= 4 is 5.97 Å². The zero-order valence-corrected chi connectivity index (χ0v) is 7.46. The predicted molar refractivity (Wildman–Crippen MR) is 48.4 cm³/mol. The molecule has 3 nitrogen and oxygen atoms in total. The van der Waals surface area contributed by atoms with Crippen LogP contribution in [0.4, 0.5) is 4.39 Å². The summed E-state index contributed by atoms with van der Waals surface area (Å²) in [7, 11) is 0. The third-order valence-corrected chi connectivity index (χ3v) is 2.43. The van der Waals surface area contributed by atoms with Crippen LogP contribution >= 0.6 is 0 Å². The van der Waals surface area contributed by atoms with E-state index in [9.17, 15) is 9.18 Å². The number of nitrogens with one attached hydrogen (secondary N) is 1. The van der Waals surface area contributed by atoms with E-state index in [0.717, 1.165) is 11.1 Å². The van der Waals surface area contributed by atoms with E-state index in [1.165, 1.54) is 12.1 Å². The number of benzene rings is 1. The van der Waals surface area contributed by atoms with Crippen LogP contribution < -0.4 is 5.32 Å². The number of hydrogen-bond donors (Lipinski definition) is 2. The Kier molecular flexibility index (Phi) is 2.21. The van der Waals surface area contributed by atoms with E-state index in [2.05, 4.69) is 5.32 Å². The Labute approximate surface area is 80.6 Å². The van der Waals surface area contributed by atoms with Gasteiger partial charge < -0.3 is 10.4 Å². The van der Waals surface area contributed by atoms with Crippen LogP contribution in [0.3, 0.4) is 0 Å². The minimum atomic E-state index is -0.889. The maximum absolute atomic E-state index is 12.9. The third kappa shape index (κ3) is 1.61. The van der Waals surface area contributed by atoms with Crippen molar-refractivity contribution in [2.75, 3.05) is 0 Å². The zero-order valence-electron chi connectivity index (χ0n) is 7.46. The van der Waals surface area contributed by atoms with Crippen molar-refractivity contribution in [3.8, 4) is 0 Å². The van der Waals surface area contributed by atoms with Gasteiger partial charge in [-0.1, -0.05) is 6.07 Å². The highest BCUT2D eigenvalue weighted by molar-refractivity contribution is 5.74. The second-order valence-electron chi connectivity index (χ2n) is 3.39. The lowest BCUT2D eigenvalue weighted by Crippen LogP contribution is -2.41. The molecule has 1 aliphatic heterocycles. The van der Waals surface area contributed by atoms with Gasteiger partial charge in [-0.3, -0.25) is 4.79 Å². The van der Waals surface area contributed by atoms with Gasteiger partial charge in [0.15, 0.2) is 0 Å². The van der Waals surface area contributed by atoms with E-state index >= 15 is 0 Å². The molecule has 0 unspecified atom stereocenters. The molecule has 4 heteroatoms. The van der Waals surface area contributed by atoms with Crippen molar-refractivity contribution in [1.29, 1.82) is 0 Å². The fourth-order valence-electron chi connectivity index (χ4n) is 1.66. The molecule has 1 heterocycles. The van der Waals surface area contributed by atoms with Gasteiger partial charge in [-0.05, 0) is 29.7 Å². The topological polar surface area (TPSA) is 49.3 Å². The quantitative estimate of drug-likeness (QED) is 0.700. The van der Waals surface area contributed by atoms with Gasteiger partial charge in [0, 0.05) is 6.54 Å². The van der Waals surface area contributed by atoms with E-state index < -0.39 is 12.0 Å². The molecule has 0 saturated carbocycles. The van der Waals surface area contributed by atoms with E-state index in [0.29, 0.717) is 13.0 Å². The normalized spacial score (nSPS) is 20.2. The molecule has 2 rings (SSSR count). The summed E-state index contributed by atoms with van der Waals surface area (Å²) >= 11 is 0. The van der Waals surface area contributed by atoms with Gasteiger partial charge in [-0.25, -0.2) is 4.39 Å². The monoisotopic (exact) mass is 195 g/mol. The maximum atomic E-state index is 12.9. The number of rotatable bonds is 1. The lowest BCUT2D eigenvalue weighted by molar-refractivity contribution is -0.139. The van der Waals surface area contributed by atoms with Crippen LogP contribution in [0.5, 0.6) is 0 Å². The molecule has 0 radical (unpaired) electrons. The molecule has 14 heavy (non-hydrogen) atoms. The van der Waals surface area contributed by atoms with Crippen molar-refractivity contribution in [3.05, 3.63) is 35.1 Å². The van der Waals surface area contributed by atoms with Gasteiger partial charge >= 0.3 is 5.97 Å². The van der Waals surface area contributed by atoms with Gasteiger partial charge in [0.25, 0.3) is 0 Å². The highest BCUT2D eigenvalue weighted by Gasteiger charge is 2.23. The second-order valence-corrected chi connectivity index (χ2v) is 3.39. The van der Waals surface area contributed by atoms with Gasteiger partial charge in [0.05, 0.1) is 0 Å². The lowest BCUT2D eigenvalue weighted by Gasteiger charge is -2.22. The Balaban J connectivity index is 2.29. The zero-order chi connectivity index (χ0) is 10.1. The molecule has 0 spiro atoms. The number of carboxylic acid groups (broad SMARTS) is 1. The Hall–Kier alpha value is -1.42. The van der Waals surface area contributed by atoms with Crippen molar-refractivity contribution in [3.63, 3.8) is 0 Å². The molecule has 0 amide bonds. The van der Waals surface area contributed by atoms with E-state index in [1.54, 1.807) is 6.07 Å². The number of carbonyl (C=O) groups is 1. The molecule has 0 saturated heterocycles. The first-order valence-electron chi connectivity index (χ1n) is 4.40. The minimum absolute atomic E-state index is 0.310. The molecule has 74 valence electrons. The van der Waals surface area contributed by atoms with Crippen molar-refractivity contribution in [2.24, 2.45) is 0 Å². The minimum Gasteiger partial charge on any atom is -0.480 e. The molecule has 0 aliphatic carbocycles. The van der Waals surface area contributed by atoms with Crippen LogP contribution in [0.1, 0.15) is 11.1 Å². The highest BCUT2D eigenvalue weighted by Crippen LogP contribution is 2.17. The maximum Gasteiger partial charge on any atom is 0.321 e. The molecule has 0 aromatic heterocycles. The summed E-state index contributed by atoms with van der Waals surface area (Å²) in [5.41, 5.74) is 1.76. The number of fused-ring (bicyclic) bond motifs is 1. The number of hydrogen-bond acceptors (Lipinski definition) is 2. The molecule has 0 bridgehead atoms. The fourth-order valence-corrected chi connectivity index (χ4v) is 1.66. The average molecular weight is 195 g/mol. The summed E-state index contributed by atoms with van der Waals surface area (Å²) in [5.74, 6) is -1.20. The summed E-state index contributed by atoms with van der Waals surface area (Å²) in [6, 6.07) is 3.90. The van der Waals surface area contributed by atoms with Crippen LogP contribution in [0.15, 0.2) is 18.2 Å². The Morgan fingerprint density at radius 3 is 3.00 bits per heavy atom. The molecule has 1 aliphatic rings. The van der Waals surface area contributed by atoms with Crippen LogP contribution in [-0.4, -0.2) is 17.1 Å². The molecule has 1 aromatic rings. The summed E-state index contributed by atoms with van der Waals surface area (Å²) in [4.78, 5) is 10.7. The van der Waals surface area contributed by atoms with Gasteiger partial charge in [0.2, 0.25) is 0 Å². The lowest BCUT2D eigenvalue weighted by atomic mass is 9.96. The van der Waals surface area contributed by atoms with Gasteiger partial charge in [-0.15, -0.1) is 0 Å². The van der Waals surface area contributed by atoms with E-state index in [4.69, 9.17) is 5.11 Å². The van der Waals surface area contributed by atoms with Gasteiger partial charge in [-0.2, -0.15) is 0 Å². The first kappa shape index (κ1) is 9.15. The van der Waals surface area contributed by atoms with Crippen LogP contribution in [0.25, 0.3) is 0 Å². The molecule has 1 atom stereocenters. The standard InChI is InChI=1S/C10H10FNO2/c11-8-2-1-6-5-12-9(10(13)14)4-7(6)3-8/h1-3,9,12H,4-5H2,(H,13,14)/t9-/m0/s1. The summed E-state index contributed by atoms with van der Waals surface area (Å²) in [6.45, 7) is 0.493. The van der Waals surface area contributed by atoms with E-state index in [-0.39, 0.29) is 5.82 Å². The van der Waals surface area contributed by atoms with Crippen molar-refractivity contribution < 1.29 is 14.3 Å². The van der Waals surface area contributed by atoms with Crippen LogP contribution in [0, 0.1) is 5.82 Å². The number of aliphatic carboxylic acids is 1. The average Bonchev–Trinajstić information content (AvgIpc) is 2.16. The SMILES string of the molecule is O=C(O)[C@@H]1Cc2cc(F)ccc2CN1. The number of halogens is 1. The molecular formula is C10H10FNO2. The largest absolute Gasteiger partial charge is 0.480 e. The highest BCUT2D eigenvalue weighted by atomic mass is 19.1. The summed E-state index contributed by atoms with van der Waals surface area (Å²) in [6.07, 6.45) is 0.350. The number of carboxylic acids is 1. The molecule has 0 fully saturated rings. The van der Waals surface area contributed by atoms with Crippen LogP contribution in [0.2, 0.25) is 0 Å². The van der Waals surface area contributed by atoms with Crippen molar-refractivity contribution in [1.82, 2.24) is 5.32 Å². The predicted octanol–water partition coefficient (Wildman–Crippen LogP) is 0.925. The molecule has 2 N–H and O–H groups in total. The second kappa shape index (κ2) is 3.38. The Morgan fingerprint density at radius 2 is 2.29 bits per heavy atom. The van der Waals surface area contributed by atoms with E-state index in [1.807, 2.05) is 0 Å². The summed E-state index contributed by atoms with van der Waals surface area (Å²) < 4.78 is 12.9. The first-order valence-corrected chi connectivity index (χ1v) is 4.40. The van der Waals surface area contributed by atoms with Crippen molar-refractivity contribution in [2.45, 2.75) is 19.0 Å². The van der Waals surface area contributed by atoms with Crippen LogP contribution in [-0.2, 0) is 17.8 Å².